The summed E-state index contributed by atoms with van der Waals surface area (Å²) < 4.78 is 11.5. The lowest BCUT2D eigenvalue weighted by Crippen LogP contribution is -2.22. The number of nitrogens with one attached hydrogen (secondary N) is 1. The number of nitrogens with two attached hydrogens (primary N) is 1. The molecule has 0 spiro atoms. The van der Waals surface area contributed by atoms with E-state index in [0.29, 0.717) is 25.7 Å². The van der Waals surface area contributed by atoms with Gasteiger partial charge in [-0.15, -0.1) is 0 Å². The van der Waals surface area contributed by atoms with Gasteiger partial charge in [0.05, 0.1) is 19.8 Å². The average Bonchev–Trinajstić information content (AvgIpc) is 2.82. The fraction of sp³-hybridized carbons (Fsp3) is 0.316. The summed E-state index contributed by atoms with van der Waals surface area (Å²) in [5.74, 6) is 1.93. The van der Waals surface area contributed by atoms with Crippen LogP contribution in [0.25, 0.3) is 0 Å². The van der Waals surface area contributed by atoms with Crippen LogP contribution in [0.3, 0.4) is 0 Å². The molecule has 5 nitrogen and oxygen atoms in total. The average molecular weight is 325 g/mol. The molecule has 2 aromatic rings. The van der Waals surface area contributed by atoms with E-state index in [4.69, 9.17) is 15.2 Å². The zero-order valence-corrected chi connectivity index (χ0v) is 14.1. The fourth-order valence-electron chi connectivity index (χ4n) is 2.56. The van der Waals surface area contributed by atoms with E-state index in [9.17, 15) is 0 Å². The lowest BCUT2D eigenvalue weighted by Gasteiger charge is -2.12. The fourth-order valence-corrected chi connectivity index (χ4v) is 2.56. The summed E-state index contributed by atoms with van der Waals surface area (Å²) in [4.78, 5) is 4.43. The molecule has 24 heavy (non-hydrogen) atoms. The maximum Gasteiger partial charge on any atom is 0.193 e. The molecule has 0 bridgehead atoms. The van der Waals surface area contributed by atoms with E-state index in [0.717, 1.165) is 29.2 Å². The lowest BCUT2D eigenvalue weighted by atomic mass is 10.1. The molecule has 0 radical (unpaired) electrons. The van der Waals surface area contributed by atoms with E-state index >= 15 is 0 Å². The Kier molecular flexibility index (Phi) is 4.89. The van der Waals surface area contributed by atoms with Crippen LogP contribution >= 0.6 is 0 Å². The minimum absolute atomic E-state index is 0.380. The molecule has 1 heterocycles. The summed E-state index contributed by atoms with van der Waals surface area (Å²) >= 11 is 0. The molecular weight excluding hydrogens is 302 g/mol. The molecule has 5 heteroatoms. The maximum absolute atomic E-state index is 6.02. The number of aliphatic imine (C=N–C) groups is 1. The van der Waals surface area contributed by atoms with Crippen LogP contribution in [0.1, 0.15) is 23.1 Å². The van der Waals surface area contributed by atoms with Gasteiger partial charge in [0, 0.05) is 17.7 Å². The molecule has 3 N–H and O–H groups in total. The number of rotatable bonds is 3. The number of para-hydroxylation sites is 1. The highest BCUT2D eigenvalue weighted by Gasteiger charge is 2.14. The Bertz CT molecular complexity index is 756. The van der Waals surface area contributed by atoms with E-state index in [1.165, 1.54) is 11.1 Å². The Morgan fingerprint density at radius 3 is 2.79 bits per heavy atom. The van der Waals surface area contributed by atoms with Gasteiger partial charge in [-0.1, -0.05) is 18.2 Å². The third-order valence-electron chi connectivity index (χ3n) is 4.05. The second kappa shape index (κ2) is 7.25. The SMILES string of the molecule is Cc1ccc(NC(N)=NCc2cccc3c2OCCCO3)cc1C. The van der Waals surface area contributed by atoms with Crippen LogP contribution in [0, 0.1) is 13.8 Å². The number of hydrogen-bond acceptors (Lipinski definition) is 3. The van der Waals surface area contributed by atoms with E-state index in [2.05, 4.69) is 36.3 Å². The Hall–Kier alpha value is -2.69. The molecule has 0 saturated carbocycles. The summed E-state index contributed by atoms with van der Waals surface area (Å²) in [7, 11) is 0. The number of guanidine groups is 1. The van der Waals surface area contributed by atoms with E-state index in [1.54, 1.807) is 0 Å². The third kappa shape index (κ3) is 3.79. The topological polar surface area (TPSA) is 68.9 Å². The van der Waals surface area contributed by atoms with Crippen molar-refractivity contribution >= 4 is 11.6 Å². The van der Waals surface area contributed by atoms with Gasteiger partial charge in [0.15, 0.2) is 17.5 Å². The minimum atomic E-state index is 0.380. The highest BCUT2D eigenvalue weighted by molar-refractivity contribution is 5.92. The van der Waals surface area contributed by atoms with Crippen LogP contribution < -0.4 is 20.5 Å². The zero-order valence-electron chi connectivity index (χ0n) is 14.1. The molecule has 0 amide bonds. The number of fused-ring (bicyclic) bond motifs is 1. The quantitative estimate of drug-likeness (QED) is 0.670. The van der Waals surface area contributed by atoms with Gasteiger partial charge in [-0.3, -0.25) is 0 Å². The molecule has 1 aliphatic heterocycles. The molecule has 0 aromatic heterocycles. The van der Waals surface area contributed by atoms with E-state index < -0.39 is 0 Å². The number of nitrogens with zero attached hydrogens (tertiary/aromatic N) is 1. The molecule has 1 aliphatic rings. The lowest BCUT2D eigenvalue weighted by molar-refractivity contribution is 0.296. The molecule has 2 aromatic carbocycles. The number of ether oxygens (including phenoxy) is 2. The predicted molar refractivity (Wildman–Crippen MR) is 96.9 cm³/mol. The maximum atomic E-state index is 6.02. The molecule has 0 aliphatic carbocycles. The van der Waals surface area contributed by atoms with Crippen LogP contribution in [-0.4, -0.2) is 19.2 Å². The van der Waals surface area contributed by atoms with E-state index in [-0.39, 0.29) is 0 Å². The largest absolute Gasteiger partial charge is 0.490 e. The number of benzene rings is 2. The van der Waals surface area contributed by atoms with Crippen molar-refractivity contribution < 1.29 is 9.47 Å². The Balaban J connectivity index is 1.72. The van der Waals surface area contributed by atoms with Crippen LogP contribution in [0.4, 0.5) is 5.69 Å². The van der Waals surface area contributed by atoms with Crippen molar-refractivity contribution in [2.24, 2.45) is 10.7 Å². The highest BCUT2D eigenvalue weighted by Crippen LogP contribution is 2.33. The molecule has 3 rings (SSSR count). The smallest absolute Gasteiger partial charge is 0.193 e. The van der Waals surface area contributed by atoms with Gasteiger partial charge in [-0.05, 0) is 43.2 Å². The van der Waals surface area contributed by atoms with Crippen LogP contribution in [0.15, 0.2) is 41.4 Å². The highest BCUT2D eigenvalue weighted by atomic mass is 16.5. The van der Waals surface area contributed by atoms with E-state index in [1.807, 2.05) is 24.3 Å². The summed E-state index contributed by atoms with van der Waals surface area (Å²) in [6.45, 7) is 5.93. The third-order valence-corrected chi connectivity index (χ3v) is 4.05. The van der Waals surface area contributed by atoms with Gasteiger partial charge in [0.2, 0.25) is 0 Å². The van der Waals surface area contributed by atoms with Crippen molar-refractivity contribution in [3.05, 3.63) is 53.1 Å². The van der Waals surface area contributed by atoms with Crippen LogP contribution in [0.2, 0.25) is 0 Å². The molecule has 0 unspecified atom stereocenters. The zero-order chi connectivity index (χ0) is 16.9. The summed E-state index contributed by atoms with van der Waals surface area (Å²) in [5, 5.41) is 3.13. The number of anilines is 1. The van der Waals surface area contributed by atoms with Gasteiger partial charge >= 0.3 is 0 Å². The minimum Gasteiger partial charge on any atom is -0.490 e. The van der Waals surface area contributed by atoms with Gasteiger partial charge in [0.25, 0.3) is 0 Å². The van der Waals surface area contributed by atoms with Crippen molar-refractivity contribution in [3.63, 3.8) is 0 Å². The molecule has 0 saturated heterocycles. The monoisotopic (exact) mass is 325 g/mol. The van der Waals surface area contributed by atoms with Crippen molar-refractivity contribution in [1.29, 1.82) is 0 Å². The molecule has 126 valence electrons. The molecule has 0 atom stereocenters. The van der Waals surface area contributed by atoms with Crippen molar-refractivity contribution in [3.8, 4) is 11.5 Å². The normalized spacial score (nSPS) is 14.2. The van der Waals surface area contributed by atoms with Crippen LogP contribution in [-0.2, 0) is 6.54 Å². The summed E-state index contributed by atoms with van der Waals surface area (Å²) in [6, 6.07) is 12.0. The Morgan fingerprint density at radius 2 is 1.96 bits per heavy atom. The van der Waals surface area contributed by atoms with Crippen LogP contribution in [0.5, 0.6) is 11.5 Å². The second-order valence-electron chi connectivity index (χ2n) is 5.92. The summed E-state index contributed by atoms with van der Waals surface area (Å²) in [5.41, 5.74) is 10.4. The first-order valence-corrected chi connectivity index (χ1v) is 8.15. The predicted octanol–water partition coefficient (Wildman–Crippen LogP) is 3.39. The van der Waals surface area contributed by atoms with Crippen molar-refractivity contribution in [1.82, 2.24) is 0 Å². The first kappa shape index (κ1) is 16.2. The van der Waals surface area contributed by atoms with Gasteiger partial charge in [0.1, 0.15) is 0 Å². The first-order valence-electron chi connectivity index (χ1n) is 8.15. The number of aryl methyl sites for hydroxylation is 2. The standard InChI is InChI=1S/C19H23N3O2/c1-13-7-8-16(11-14(13)2)22-19(20)21-12-15-5-3-6-17-18(15)24-10-4-9-23-17/h3,5-8,11H,4,9-10,12H2,1-2H3,(H3,20,21,22). The molecule has 0 fully saturated rings. The summed E-state index contributed by atoms with van der Waals surface area (Å²) in [6.07, 6.45) is 0.883. The molecular formula is C19H23N3O2. The van der Waals surface area contributed by atoms with Gasteiger partial charge < -0.3 is 20.5 Å². The second-order valence-corrected chi connectivity index (χ2v) is 5.92. The van der Waals surface area contributed by atoms with Crippen molar-refractivity contribution in [2.75, 3.05) is 18.5 Å². The Labute approximate surface area is 142 Å². The van der Waals surface area contributed by atoms with Gasteiger partial charge in [-0.2, -0.15) is 0 Å². The first-order chi connectivity index (χ1) is 11.6. The van der Waals surface area contributed by atoms with Crippen molar-refractivity contribution in [2.45, 2.75) is 26.8 Å². The number of hydrogen-bond donors (Lipinski definition) is 2. The van der Waals surface area contributed by atoms with Gasteiger partial charge in [-0.25, -0.2) is 4.99 Å². The Morgan fingerprint density at radius 1 is 1.12 bits per heavy atom.